The molecule has 5 rings (SSSR count). The molecule has 0 radical (unpaired) electrons. The van der Waals surface area contributed by atoms with E-state index >= 15 is 0 Å². The van der Waals surface area contributed by atoms with Crippen LogP contribution in [0, 0.1) is 29.1 Å². The van der Waals surface area contributed by atoms with Gasteiger partial charge in [0.2, 0.25) is 0 Å². The van der Waals surface area contributed by atoms with E-state index in [9.17, 15) is 14.7 Å². The second kappa shape index (κ2) is 5.10. The SMILES string of the molecule is C[C@@]12C[C@@H](c3ccoc3)OC(=O)[C@H]1C[C@@H](O)[C@@H]1[C@@H]3C[C@@H](C[C@H]12)OC3=O. The number of aliphatic hydroxyl groups is 1. The van der Waals surface area contributed by atoms with Crippen LogP contribution in [0.2, 0.25) is 0 Å². The molecule has 6 heteroatoms. The van der Waals surface area contributed by atoms with Gasteiger partial charge in [-0.1, -0.05) is 6.92 Å². The van der Waals surface area contributed by atoms with Gasteiger partial charge in [0.15, 0.2) is 0 Å². The average molecular weight is 346 g/mol. The first-order valence-corrected chi connectivity index (χ1v) is 9.08. The summed E-state index contributed by atoms with van der Waals surface area (Å²) in [7, 11) is 0. The first-order chi connectivity index (χ1) is 12.0. The number of furan rings is 1. The van der Waals surface area contributed by atoms with Crippen molar-refractivity contribution >= 4 is 11.9 Å². The van der Waals surface area contributed by atoms with Crippen molar-refractivity contribution in [2.45, 2.75) is 50.9 Å². The van der Waals surface area contributed by atoms with Gasteiger partial charge in [-0.05, 0) is 43.1 Å². The van der Waals surface area contributed by atoms with Crippen LogP contribution in [0.5, 0.6) is 0 Å². The molecule has 0 spiro atoms. The monoisotopic (exact) mass is 346 g/mol. The molecule has 2 aliphatic carbocycles. The molecular weight excluding hydrogens is 324 g/mol. The number of esters is 2. The minimum Gasteiger partial charge on any atom is -0.472 e. The molecule has 2 saturated heterocycles. The maximum Gasteiger partial charge on any atom is 0.310 e. The Morgan fingerprint density at radius 2 is 2.00 bits per heavy atom. The molecule has 0 aromatic carbocycles. The summed E-state index contributed by atoms with van der Waals surface area (Å²) in [6.45, 7) is 2.13. The van der Waals surface area contributed by atoms with Gasteiger partial charge in [0.05, 0.1) is 30.5 Å². The van der Waals surface area contributed by atoms with Crippen molar-refractivity contribution in [3.05, 3.63) is 24.2 Å². The molecular formula is C19H22O6. The van der Waals surface area contributed by atoms with Crippen LogP contribution in [0.3, 0.4) is 0 Å². The number of cyclic esters (lactones) is 1. The second-order valence-corrected chi connectivity index (χ2v) is 8.37. The van der Waals surface area contributed by atoms with Gasteiger partial charge in [-0.15, -0.1) is 0 Å². The minimum atomic E-state index is -0.655. The lowest BCUT2D eigenvalue weighted by molar-refractivity contribution is -0.201. The lowest BCUT2D eigenvalue weighted by atomic mass is 9.48. The van der Waals surface area contributed by atoms with Gasteiger partial charge in [0.1, 0.15) is 12.2 Å². The van der Waals surface area contributed by atoms with Crippen molar-refractivity contribution in [2.24, 2.45) is 29.1 Å². The van der Waals surface area contributed by atoms with Crippen LogP contribution in [-0.4, -0.2) is 29.3 Å². The molecule has 2 aliphatic heterocycles. The van der Waals surface area contributed by atoms with Crippen LogP contribution in [0.25, 0.3) is 0 Å². The van der Waals surface area contributed by atoms with E-state index in [0.29, 0.717) is 19.3 Å². The summed E-state index contributed by atoms with van der Waals surface area (Å²) >= 11 is 0. The molecule has 1 aromatic rings. The third-order valence-electron chi connectivity index (χ3n) is 7.20. The standard InChI is InChI=1S/C19H22O6/c1-19-7-15(9-2-3-23-8-9)25-18(22)13(19)6-14(20)16-11-4-10(5-12(16)19)24-17(11)21/h2-3,8,10-16,20H,4-7H2,1H3/t10-,11-,12+,13+,14+,15-,16+,19-/m0/s1. The molecule has 134 valence electrons. The average Bonchev–Trinajstić information content (AvgIpc) is 3.19. The zero-order chi connectivity index (χ0) is 17.3. The van der Waals surface area contributed by atoms with Crippen LogP contribution >= 0.6 is 0 Å². The van der Waals surface area contributed by atoms with Gasteiger partial charge in [-0.25, -0.2) is 0 Å². The first kappa shape index (κ1) is 15.4. The maximum absolute atomic E-state index is 12.7. The van der Waals surface area contributed by atoms with Crippen molar-refractivity contribution in [3.63, 3.8) is 0 Å². The molecule has 1 N–H and O–H groups in total. The third kappa shape index (κ3) is 2.06. The van der Waals surface area contributed by atoms with Crippen molar-refractivity contribution in [1.29, 1.82) is 0 Å². The van der Waals surface area contributed by atoms with E-state index in [4.69, 9.17) is 13.9 Å². The van der Waals surface area contributed by atoms with E-state index in [-0.39, 0.29) is 53.2 Å². The number of aliphatic hydroxyl groups excluding tert-OH is 1. The Morgan fingerprint density at radius 3 is 2.76 bits per heavy atom. The summed E-state index contributed by atoms with van der Waals surface area (Å²) < 4.78 is 16.3. The molecule has 4 aliphatic rings. The predicted octanol–water partition coefficient (Wildman–Crippen LogP) is 2.22. The first-order valence-electron chi connectivity index (χ1n) is 9.08. The lowest BCUT2D eigenvalue weighted by Crippen LogP contribution is -2.58. The number of ether oxygens (including phenoxy) is 2. The molecule has 0 amide bonds. The molecule has 6 nitrogen and oxygen atoms in total. The predicted molar refractivity (Wildman–Crippen MR) is 84.0 cm³/mol. The highest BCUT2D eigenvalue weighted by molar-refractivity contribution is 5.77. The highest BCUT2D eigenvalue weighted by atomic mass is 16.6. The molecule has 4 fully saturated rings. The fourth-order valence-corrected chi connectivity index (χ4v) is 6.00. The van der Waals surface area contributed by atoms with E-state index in [0.717, 1.165) is 12.0 Å². The smallest absolute Gasteiger partial charge is 0.310 e. The molecule has 2 bridgehead atoms. The number of rotatable bonds is 1. The summed E-state index contributed by atoms with van der Waals surface area (Å²) in [6.07, 6.45) is 4.61. The highest BCUT2D eigenvalue weighted by Crippen LogP contribution is 2.62. The third-order valence-corrected chi connectivity index (χ3v) is 7.20. The second-order valence-electron chi connectivity index (χ2n) is 8.37. The Morgan fingerprint density at radius 1 is 1.16 bits per heavy atom. The Kier molecular flexibility index (Phi) is 3.15. The van der Waals surface area contributed by atoms with Crippen molar-refractivity contribution in [2.75, 3.05) is 0 Å². The Hall–Kier alpha value is -1.82. The normalized spacial score (nSPS) is 48.3. The van der Waals surface area contributed by atoms with E-state index in [1.54, 1.807) is 12.5 Å². The topological polar surface area (TPSA) is 86.0 Å². The zero-order valence-electron chi connectivity index (χ0n) is 14.1. The van der Waals surface area contributed by atoms with Crippen molar-refractivity contribution in [3.8, 4) is 0 Å². The van der Waals surface area contributed by atoms with Gasteiger partial charge in [-0.2, -0.15) is 0 Å². The van der Waals surface area contributed by atoms with Crippen LogP contribution in [0.15, 0.2) is 23.0 Å². The van der Waals surface area contributed by atoms with E-state index < -0.39 is 6.10 Å². The number of fused-ring (bicyclic) bond motifs is 6. The Bertz CT molecular complexity index is 712. The number of hydrogen-bond acceptors (Lipinski definition) is 6. The maximum atomic E-state index is 12.7. The zero-order valence-corrected chi connectivity index (χ0v) is 14.1. The fourth-order valence-electron chi connectivity index (χ4n) is 6.00. The number of carbonyl (C=O) groups is 2. The molecule has 8 atom stereocenters. The van der Waals surface area contributed by atoms with E-state index in [2.05, 4.69) is 6.92 Å². The summed E-state index contributed by atoms with van der Waals surface area (Å²) in [5.41, 5.74) is 0.549. The highest BCUT2D eigenvalue weighted by Gasteiger charge is 2.64. The molecule has 0 unspecified atom stereocenters. The van der Waals surface area contributed by atoms with Crippen LogP contribution < -0.4 is 0 Å². The van der Waals surface area contributed by atoms with Gasteiger partial charge in [0, 0.05) is 11.5 Å². The summed E-state index contributed by atoms with van der Waals surface area (Å²) in [5.74, 6) is -1.03. The molecule has 1 aromatic heterocycles. The summed E-state index contributed by atoms with van der Waals surface area (Å²) in [5, 5.41) is 10.7. The summed E-state index contributed by atoms with van der Waals surface area (Å²) in [6, 6.07) is 1.83. The number of carbonyl (C=O) groups excluding carboxylic acids is 2. The van der Waals surface area contributed by atoms with E-state index in [1.165, 1.54) is 0 Å². The van der Waals surface area contributed by atoms with Gasteiger partial charge in [-0.3, -0.25) is 9.59 Å². The van der Waals surface area contributed by atoms with E-state index in [1.807, 2.05) is 6.07 Å². The van der Waals surface area contributed by atoms with Crippen molar-refractivity contribution < 1.29 is 28.6 Å². The number of hydrogen-bond donors (Lipinski definition) is 1. The molecule has 25 heavy (non-hydrogen) atoms. The van der Waals surface area contributed by atoms with Gasteiger partial charge < -0.3 is 19.0 Å². The van der Waals surface area contributed by atoms with Crippen molar-refractivity contribution in [1.82, 2.24) is 0 Å². The molecule has 3 heterocycles. The quantitative estimate of drug-likeness (QED) is 0.785. The lowest BCUT2D eigenvalue weighted by Gasteiger charge is -2.57. The largest absolute Gasteiger partial charge is 0.472 e. The fraction of sp³-hybridized carbons (Fsp3) is 0.684. The Labute approximate surface area is 145 Å². The van der Waals surface area contributed by atoms with Crippen LogP contribution in [-0.2, 0) is 19.1 Å². The summed E-state index contributed by atoms with van der Waals surface area (Å²) in [4.78, 5) is 24.9. The van der Waals surface area contributed by atoms with Crippen LogP contribution in [0.1, 0.15) is 44.3 Å². The minimum absolute atomic E-state index is 0.0770. The molecule has 2 saturated carbocycles. The van der Waals surface area contributed by atoms with Gasteiger partial charge >= 0.3 is 11.9 Å². The van der Waals surface area contributed by atoms with Gasteiger partial charge in [0.25, 0.3) is 0 Å². The van der Waals surface area contributed by atoms with Crippen LogP contribution in [0.4, 0.5) is 0 Å². The Balaban J connectivity index is 1.54.